The Balaban J connectivity index is 2.56. The molecule has 1 saturated heterocycles. The molecule has 5 nitrogen and oxygen atoms in total. The summed E-state index contributed by atoms with van der Waals surface area (Å²) >= 11 is 1.89. The minimum absolute atomic E-state index is 0.00760. The van der Waals surface area contributed by atoms with E-state index in [2.05, 4.69) is 13.8 Å². The summed E-state index contributed by atoms with van der Waals surface area (Å²) in [5.41, 5.74) is 0. The molecule has 0 saturated carbocycles. The molecule has 0 aromatic heterocycles. The quantitative estimate of drug-likeness (QED) is 0.861. The first-order chi connectivity index (χ1) is 8.85. The smallest absolute Gasteiger partial charge is 0.320 e. The number of aliphatic carboxylic acids is 1. The van der Waals surface area contributed by atoms with Gasteiger partial charge in [-0.3, -0.25) is 4.79 Å². The van der Waals surface area contributed by atoms with Crippen LogP contribution < -0.4 is 0 Å². The number of carbonyl (C=O) groups excluding carboxylic acids is 1. The van der Waals surface area contributed by atoms with Gasteiger partial charge in [-0.05, 0) is 13.3 Å². The minimum Gasteiger partial charge on any atom is -0.481 e. The highest BCUT2D eigenvalue weighted by molar-refractivity contribution is 8.00. The van der Waals surface area contributed by atoms with Crippen LogP contribution >= 0.6 is 11.8 Å². The molecule has 0 spiro atoms. The van der Waals surface area contributed by atoms with Gasteiger partial charge in [0.1, 0.15) is 0 Å². The molecule has 0 aromatic rings. The summed E-state index contributed by atoms with van der Waals surface area (Å²) < 4.78 is 0.215. The molecule has 0 radical (unpaired) electrons. The summed E-state index contributed by atoms with van der Waals surface area (Å²) in [7, 11) is 0. The van der Waals surface area contributed by atoms with Crippen molar-refractivity contribution in [3.05, 3.63) is 0 Å². The lowest BCUT2D eigenvalue weighted by Gasteiger charge is -2.29. The number of rotatable bonds is 4. The fourth-order valence-corrected chi connectivity index (χ4v) is 3.13. The summed E-state index contributed by atoms with van der Waals surface area (Å²) in [6.07, 6.45) is 0.980. The van der Waals surface area contributed by atoms with E-state index in [1.54, 1.807) is 4.90 Å². The molecule has 1 aliphatic rings. The molecule has 0 aromatic carbocycles. The lowest BCUT2D eigenvalue weighted by molar-refractivity contribution is -0.137. The second-order valence-electron chi connectivity index (χ2n) is 5.35. The van der Waals surface area contributed by atoms with Crippen molar-refractivity contribution >= 4 is 23.8 Å². The van der Waals surface area contributed by atoms with Crippen LogP contribution in [-0.4, -0.2) is 63.6 Å². The third-order valence-corrected chi connectivity index (χ3v) is 4.73. The first kappa shape index (κ1) is 16.1. The lowest BCUT2D eigenvalue weighted by atomic mass is 10.1. The Bertz CT molecular complexity index is 334. The lowest BCUT2D eigenvalue weighted by Crippen LogP contribution is -2.45. The first-order valence-corrected chi connectivity index (χ1v) is 7.74. The zero-order valence-corrected chi connectivity index (χ0v) is 12.8. The van der Waals surface area contributed by atoms with Crippen molar-refractivity contribution < 1.29 is 14.7 Å². The molecular weight excluding hydrogens is 264 g/mol. The number of nitrogens with zero attached hydrogens (tertiary/aromatic N) is 2. The number of urea groups is 1. The highest BCUT2D eigenvalue weighted by Crippen LogP contribution is 2.30. The van der Waals surface area contributed by atoms with Crippen LogP contribution in [0, 0.1) is 0 Å². The topological polar surface area (TPSA) is 60.9 Å². The van der Waals surface area contributed by atoms with Crippen LogP contribution in [0.2, 0.25) is 0 Å². The van der Waals surface area contributed by atoms with E-state index in [0.29, 0.717) is 6.54 Å². The van der Waals surface area contributed by atoms with Gasteiger partial charge in [0.15, 0.2) is 0 Å². The Kier molecular flexibility index (Phi) is 5.97. The zero-order chi connectivity index (χ0) is 14.5. The van der Waals surface area contributed by atoms with Gasteiger partial charge >= 0.3 is 12.0 Å². The predicted molar refractivity (Wildman–Crippen MR) is 77.6 cm³/mol. The third-order valence-electron chi connectivity index (χ3n) is 3.36. The van der Waals surface area contributed by atoms with Crippen molar-refractivity contribution in [1.29, 1.82) is 0 Å². The van der Waals surface area contributed by atoms with Gasteiger partial charge in [0.05, 0.1) is 6.42 Å². The van der Waals surface area contributed by atoms with Crippen molar-refractivity contribution in [3.63, 3.8) is 0 Å². The third kappa shape index (κ3) is 5.30. The Labute approximate surface area is 119 Å². The van der Waals surface area contributed by atoms with Crippen LogP contribution in [0.4, 0.5) is 4.79 Å². The van der Waals surface area contributed by atoms with E-state index in [-0.39, 0.29) is 23.7 Å². The normalized spacial score (nSPS) is 18.8. The molecular formula is C13H24N2O3S. The number of thioether (sulfide) groups is 1. The van der Waals surface area contributed by atoms with Crippen molar-refractivity contribution in [3.8, 4) is 0 Å². The van der Waals surface area contributed by atoms with Crippen molar-refractivity contribution in [2.75, 3.05) is 31.9 Å². The fourth-order valence-electron chi connectivity index (χ4n) is 2.03. The Hall–Kier alpha value is -0.910. The average molecular weight is 288 g/mol. The van der Waals surface area contributed by atoms with Gasteiger partial charge in [0.25, 0.3) is 0 Å². The summed E-state index contributed by atoms with van der Waals surface area (Å²) in [5.74, 6) is 0.0775. The molecule has 6 heteroatoms. The molecule has 19 heavy (non-hydrogen) atoms. The summed E-state index contributed by atoms with van der Waals surface area (Å²) in [4.78, 5) is 26.4. The van der Waals surface area contributed by atoms with Crippen LogP contribution in [0.1, 0.15) is 33.6 Å². The van der Waals surface area contributed by atoms with E-state index in [1.165, 1.54) is 0 Å². The van der Waals surface area contributed by atoms with Crippen LogP contribution in [0.25, 0.3) is 0 Å². The van der Waals surface area contributed by atoms with Crippen molar-refractivity contribution in [2.24, 2.45) is 0 Å². The first-order valence-electron chi connectivity index (χ1n) is 6.75. The average Bonchev–Trinajstić information content (AvgIpc) is 2.50. The standard InChI is InChI=1S/C13H24N2O3S/c1-4-14(7-5-11(16)17)12(18)15-8-6-13(2,3)19-10-9-15/h4-10H2,1-3H3,(H,16,17). The number of amides is 2. The fraction of sp³-hybridized carbons (Fsp3) is 0.846. The molecule has 1 fully saturated rings. The summed E-state index contributed by atoms with van der Waals surface area (Å²) in [6, 6.07) is -0.0259. The molecule has 1 heterocycles. The maximum Gasteiger partial charge on any atom is 0.320 e. The van der Waals surface area contributed by atoms with E-state index >= 15 is 0 Å². The highest BCUT2D eigenvalue weighted by atomic mass is 32.2. The molecule has 0 bridgehead atoms. The van der Waals surface area contributed by atoms with Crippen molar-refractivity contribution in [2.45, 2.75) is 38.4 Å². The van der Waals surface area contributed by atoms with E-state index < -0.39 is 5.97 Å². The zero-order valence-electron chi connectivity index (χ0n) is 12.0. The SMILES string of the molecule is CCN(CCC(=O)O)C(=O)N1CCSC(C)(C)CC1. The van der Waals surface area contributed by atoms with Gasteiger partial charge in [-0.15, -0.1) is 0 Å². The van der Waals surface area contributed by atoms with Crippen LogP contribution in [-0.2, 0) is 4.79 Å². The molecule has 2 amide bonds. The largest absolute Gasteiger partial charge is 0.481 e. The number of carboxylic acid groups (broad SMARTS) is 1. The molecule has 0 unspecified atom stereocenters. The van der Waals surface area contributed by atoms with Gasteiger partial charge in [0, 0.05) is 36.7 Å². The van der Waals surface area contributed by atoms with Gasteiger partial charge < -0.3 is 14.9 Å². The Morgan fingerprint density at radius 2 is 2.05 bits per heavy atom. The van der Waals surface area contributed by atoms with Gasteiger partial charge in [-0.1, -0.05) is 13.8 Å². The molecule has 0 atom stereocenters. The predicted octanol–water partition coefficient (Wildman–Crippen LogP) is 2.12. The molecule has 1 rings (SSSR count). The number of carboxylic acids is 1. The molecule has 110 valence electrons. The summed E-state index contributed by atoms with van der Waals surface area (Å²) in [6.45, 7) is 8.63. The highest BCUT2D eigenvalue weighted by Gasteiger charge is 2.27. The van der Waals surface area contributed by atoms with Crippen LogP contribution in [0.5, 0.6) is 0 Å². The van der Waals surface area contributed by atoms with E-state index in [1.807, 2.05) is 23.6 Å². The van der Waals surface area contributed by atoms with Crippen molar-refractivity contribution in [1.82, 2.24) is 9.80 Å². The van der Waals surface area contributed by atoms with Gasteiger partial charge in [0.2, 0.25) is 0 Å². The van der Waals surface area contributed by atoms with E-state index in [4.69, 9.17) is 5.11 Å². The number of carbonyl (C=O) groups is 2. The Morgan fingerprint density at radius 1 is 1.37 bits per heavy atom. The second-order valence-corrected chi connectivity index (χ2v) is 7.15. The Morgan fingerprint density at radius 3 is 2.63 bits per heavy atom. The maximum absolute atomic E-state index is 12.4. The summed E-state index contributed by atoms with van der Waals surface area (Å²) in [5, 5.41) is 8.71. The van der Waals surface area contributed by atoms with E-state index in [9.17, 15) is 9.59 Å². The molecule has 1 aliphatic heterocycles. The minimum atomic E-state index is -0.862. The maximum atomic E-state index is 12.4. The number of hydrogen-bond donors (Lipinski definition) is 1. The van der Waals surface area contributed by atoms with Gasteiger partial charge in [-0.2, -0.15) is 11.8 Å². The molecule has 1 N–H and O–H groups in total. The molecule has 0 aliphatic carbocycles. The van der Waals surface area contributed by atoms with Gasteiger partial charge in [-0.25, -0.2) is 4.79 Å². The number of hydrogen-bond acceptors (Lipinski definition) is 3. The monoisotopic (exact) mass is 288 g/mol. The van der Waals surface area contributed by atoms with E-state index in [0.717, 1.165) is 25.3 Å². The second kappa shape index (κ2) is 7.03. The van der Waals surface area contributed by atoms with Crippen LogP contribution in [0.15, 0.2) is 0 Å². The van der Waals surface area contributed by atoms with Crippen LogP contribution in [0.3, 0.4) is 0 Å².